The van der Waals surface area contributed by atoms with Gasteiger partial charge in [0.2, 0.25) is 0 Å². The van der Waals surface area contributed by atoms with Gasteiger partial charge in [0.1, 0.15) is 0 Å². The third kappa shape index (κ3) is 30.4. The standard InChI is InChI=1S/C102H154F2N2O2S4Te2/c1-9-15-21-27-31-35-37-41-45-49-59-79(57-47-43-39-33-29-23-17-11-3)61-53-55-69-105-88-73-82(102(108)106(87(88)72-81(101(105)107)94-66-65-78(8)113-94)70-56-54-62-80(58-48-44-40-34-30-24-18-12-4)60-50-46-42-38-36-32-28-22-16-10-2)95-67-68-96(114-95)91-74-84-98(93-76-86(104)90(111-93)64-52-26-20-14-6)99-83(71-77(7)109-99)97(100(84)112-91)92-75-85(103)89(110-92)63-51-25-19-13-5/h65-68,71-76,79-80,97-98H,9-64,69-70H2,1-8H3. The van der Waals surface area contributed by atoms with Crippen LogP contribution in [-0.4, -0.2) is 50.0 Å². The number of hydrogen-bond donors (Lipinski definition) is 0. The molecule has 634 valence electrons. The van der Waals surface area contributed by atoms with E-state index in [-0.39, 0.29) is 34.6 Å². The van der Waals surface area contributed by atoms with Crippen molar-refractivity contribution < 1.29 is 8.78 Å². The fourth-order valence-electron chi connectivity index (χ4n) is 18.5. The summed E-state index contributed by atoms with van der Waals surface area (Å²) in [6, 6.07) is 22.0. The Hall–Kier alpha value is -2.64. The summed E-state index contributed by atoms with van der Waals surface area (Å²) in [6.45, 7) is 19.5. The van der Waals surface area contributed by atoms with Crippen molar-refractivity contribution >= 4 is 97.2 Å². The van der Waals surface area contributed by atoms with Crippen molar-refractivity contribution in [1.29, 1.82) is 0 Å². The number of fused-ring (bicyclic) bond motifs is 3. The van der Waals surface area contributed by atoms with E-state index in [2.05, 4.69) is 113 Å². The van der Waals surface area contributed by atoms with Crippen LogP contribution in [0.2, 0.25) is 0 Å². The van der Waals surface area contributed by atoms with Crippen molar-refractivity contribution in [3.05, 3.63) is 142 Å². The predicted molar refractivity (Wildman–Crippen MR) is 503 cm³/mol. The number of rotatable bonds is 65. The van der Waals surface area contributed by atoms with Crippen molar-refractivity contribution in [2.75, 3.05) is 0 Å². The zero-order valence-electron chi connectivity index (χ0n) is 73.0. The smallest absolute Gasteiger partial charge is 0.0654 e. The molecule has 0 saturated carbocycles. The zero-order valence-corrected chi connectivity index (χ0v) is 80.9. The number of hydrogen-bond acceptors (Lipinski definition) is 6. The van der Waals surface area contributed by atoms with Crippen molar-refractivity contribution in [2.45, 2.75) is 440 Å². The van der Waals surface area contributed by atoms with Gasteiger partial charge < -0.3 is 0 Å². The van der Waals surface area contributed by atoms with Crippen LogP contribution in [0.4, 0.5) is 8.78 Å². The number of halogens is 2. The molecule has 0 aliphatic heterocycles. The first-order valence-corrected chi connectivity index (χ1v) is 55.6. The maximum absolute atomic E-state index is 16.5. The average Bonchev–Trinajstić information content (AvgIpc) is 1.48. The number of pyridine rings is 2. The number of thiophene rings is 4. The quantitative estimate of drug-likeness (QED) is 0.0282. The Bertz CT molecular complexity index is 3980. The van der Waals surface area contributed by atoms with Gasteiger partial charge in [-0.3, -0.25) is 0 Å². The van der Waals surface area contributed by atoms with Gasteiger partial charge in [-0.05, 0) is 0 Å². The molecule has 114 heavy (non-hydrogen) atoms. The van der Waals surface area contributed by atoms with Crippen LogP contribution in [0.25, 0.3) is 37.8 Å². The van der Waals surface area contributed by atoms with E-state index in [0.717, 1.165) is 147 Å². The molecule has 0 amide bonds. The number of nitrogens with zero attached hydrogens (tertiary/aromatic N) is 2. The predicted octanol–water partition coefficient (Wildman–Crippen LogP) is 33.6. The molecule has 0 radical (unpaired) electrons. The Morgan fingerprint density at radius 2 is 0.658 bits per heavy atom. The summed E-state index contributed by atoms with van der Waals surface area (Å²) in [5.41, 5.74) is 6.14. The third-order valence-corrected chi connectivity index (χ3v) is 36.8. The molecule has 0 aromatic carbocycles. The molecule has 0 saturated heterocycles. The Morgan fingerprint density at radius 1 is 0.342 bits per heavy atom. The van der Waals surface area contributed by atoms with E-state index < -0.39 is 40.9 Å². The van der Waals surface area contributed by atoms with Crippen LogP contribution in [0.1, 0.15) is 449 Å². The molecule has 8 aromatic rings. The van der Waals surface area contributed by atoms with Gasteiger partial charge in [-0.2, -0.15) is 0 Å². The van der Waals surface area contributed by atoms with Gasteiger partial charge in [-0.25, -0.2) is 0 Å². The Labute approximate surface area is 728 Å². The first kappa shape index (κ1) is 95.2. The summed E-state index contributed by atoms with van der Waals surface area (Å²) in [4.78, 5) is 40.9. The molecular weight excluding hydrogens is 1710 g/mol. The molecule has 0 spiro atoms. The molecule has 0 N–H and O–H groups in total. The summed E-state index contributed by atoms with van der Waals surface area (Å²) in [6.07, 6.45) is 71.2. The van der Waals surface area contributed by atoms with Crippen LogP contribution in [0, 0.1) is 37.3 Å². The molecule has 4 unspecified atom stereocenters. The molecule has 1 aliphatic rings. The van der Waals surface area contributed by atoms with E-state index in [4.69, 9.17) is 0 Å². The van der Waals surface area contributed by atoms with E-state index in [1.54, 1.807) is 22.7 Å². The summed E-state index contributed by atoms with van der Waals surface area (Å²) in [5, 5.41) is 0. The van der Waals surface area contributed by atoms with E-state index in [1.807, 2.05) is 34.8 Å². The van der Waals surface area contributed by atoms with Crippen molar-refractivity contribution in [3.8, 4) is 26.7 Å². The van der Waals surface area contributed by atoms with Crippen LogP contribution in [0.3, 0.4) is 0 Å². The second-order valence-electron chi connectivity index (χ2n) is 35.0. The number of aromatic nitrogens is 2. The molecule has 8 aromatic heterocycles. The van der Waals surface area contributed by atoms with E-state index >= 15 is 18.4 Å². The zero-order chi connectivity index (χ0) is 80.5. The van der Waals surface area contributed by atoms with Crippen LogP contribution in [0.15, 0.2) is 70.3 Å². The Balaban J connectivity index is 1.06. The minimum atomic E-state index is -1.14. The van der Waals surface area contributed by atoms with Gasteiger partial charge in [0.25, 0.3) is 0 Å². The molecule has 8 heterocycles. The fraction of sp³-hybridized carbons (Fsp3) is 0.686. The first-order valence-electron chi connectivity index (χ1n) is 47.7. The Morgan fingerprint density at radius 3 is 1.03 bits per heavy atom. The van der Waals surface area contributed by atoms with Gasteiger partial charge in [0.05, 0.1) is 0 Å². The second kappa shape index (κ2) is 54.7. The van der Waals surface area contributed by atoms with E-state index in [0.29, 0.717) is 13.1 Å². The molecule has 1 aliphatic carbocycles. The summed E-state index contributed by atoms with van der Waals surface area (Å²) in [5.74, 6) is 1.06. The average molecular weight is 1860 g/mol. The second-order valence-corrected chi connectivity index (χ2v) is 46.5. The molecule has 12 heteroatoms. The monoisotopic (exact) mass is 1860 g/mol. The third-order valence-electron chi connectivity index (χ3n) is 25.3. The van der Waals surface area contributed by atoms with Crippen LogP contribution in [0.5, 0.6) is 0 Å². The van der Waals surface area contributed by atoms with E-state index in [1.165, 1.54) is 311 Å². The molecule has 4 atom stereocenters. The maximum atomic E-state index is 16.5. The van der Waals surface area contributed by atoms with E-state index in [9.17, 15) is 0 Å². The molecular formula is C102H154F2N2O2S4Te2. The van der Waals surface area contributed by atoms with Gasteiger partial charge in [0, 0.05) is 0 Å². The minimum absolute atomic E-state index is 0.0782. The SMILES string of the molecule is CCCCCCCCCCCCC(CCCCCCCCCC)CCCCn1c(=O)c(-c2ccc(C)[te]2)cc2c1cc(-c1ccc(-c3cc4c(s3)C(c3cc(F)c(CCCCCC)s3)c3cc(C)sc3C4c3cc(F)c(CCCCCC)s3)[te]1)c(=O)n2CCCCC(CCCCCCCCCC)CCCCCCCCCCCC. The summed E-state index contributed by atoms with van der Waals surface area (Å²) >= 11 is 5.20. The van der Waals surface area contributed by atoms with Crippen molar-refractivity contribution in [1.82, 2.24) is 9.13 Å². The summed E-state index contributed by atoms with van der Waals surface area (Å²) < 4.78 is 42.3. The van der Waals surface area contributed by atoms with Gasteiger partial charge in [-0.15, -0.1) is 0 Å². The van der Waals surface area contributed by atoms with Crippen molar-refractivity contribution in [2.24, 2.45) is 11.8 Å². The van der Waals surface area contributed by atoms with Gasteiger partial charge in [-0.1, -0.05) is 234 Å². The number of unbranched alkanes of at least 4 members (excludes halogenated alkanes) is 40. The van der Waals surface area contributed by atoms with Crippen LogP contribution >= 0.6 is 45.3 Å². The number of aryl methyl sites for hydroxylation is 6. The van der Waals surface area contributed by atoms with Crippen LogP contribution in [-0.2, 0) is 25.9 Å². The van der Waals surface area contributed by atoms with Crippen molar-refractivity contribution in [3.63, 3.8) is 0 Å². The van der Waals surface area contributed by atoms with Crippen LogP contribution < -0.4 is 11.1 Å². The molecule has 9 rings (SSSR count). The van der Waals surface area contributed by atoms with Gasteiger partial charge >= 0.3 is 501 Å². The van der Waals surface area contributed by atoms with Gasteiger partial charge in [0.15, 0.2) is 0 Å². The minimum Gasteiger partial charge on any atom is -0.0654 e. The normalized spacial score (nSPS) is 14.2. The topological polar surface area (TPSA) is 44.0 Å². The molecule has 0 fully saturated rings. The molecule has 0 bridgehead atoms. The Kier molecular flexibility index (Phi) is 45.7. The first-order chi connectivity index (χ1) is 55.9. The summed E-state index contributed by atoms with van der Waals surface area (Å²) in [7, 11) is 0. The fourth-order valence-corrected chi connectivity index (χ4v) is 29.3. The molecule has 4 nitrogen and oxygen atoms in total.